The first-order valence-corrected chi connectivity index (χ1v) is 13.0. The summed E-state index contributed by atoms with van der Waals surface area (Å²) >= 11 is 0. The lowest BCUT2D eigenvalue weighted by atomic mass is 9.85. The molecule has 0 bridgehead atoms. The van der Waals surface area contributed by atoms with E-state index in [1.165, 1.54) is 22.3 Å². The molecule has 0 spiro atoms. The zero-order valence-corrected chi connectivity index (χ0v) is 21.9. The molecule has 37 heavy (non-hydrogen) atoms. The predicted octanol–water partition coefficient (Wildman–Crippen LogP) is 5.89. The molecule has 0 amide bonds. The summed E-state index contributed by atoms with van der Waals surface area (Å²) in [5.74, 6) is 1.02. The molecule has 1 N–H and O–H groups in total. The quantitative estimate of drug-likeness (QED) is 0.220. The smallest absolute Gasteiger partial charge is 0.309 e. The first-order chi connectivity index (χ1) is 17.9. The average Bonchev–Trinajstić information content (AvgIpc) is 2.85. The molecule has 1 heterocycles. The molecule has 2 aromatic carbocycles. The lowest BCUT2D eigenvalue weighted by Gasteiger charge is -2.38. The first kappa shape index (κ1) is 26.6. The third kappa shape index (κ3) is 6.64. The Hall–Kier alpha value is -3.48. The van der Waals surface area contributed by atoms with Crippen LogP contribution in [-0.2, 0) is 24.2 Å². The van der Waals surface area contributed by atoms with E-state index in [9.17, 15) is 4.79 Å². The van der Waals surface area contributed by atoms with Crippen molar-refractivity contribution in [2.24, 2.45) is 17.0 Å². The van der Waals surface area contributed by atoms with E-state index in [0.29, 0.717) is 32.8 Å². The summed E-state index contributed by atoms with van der Waals surface area (Å²) in [5, 5.41) is 12.8. The van der Waals surface area contributed by atoms with Gasteiger partial charge in [0.15, 0.2) is 0 Å². The maximum atomic E-state index is 11.1. The molecule has 1 atom stereocenters. The van der Waals surface area contributed by atoms with Crippen LogP contribution in [0.5, 0.6) is 11.5 Å². The molecule has 1 aliphatic heterocycles. The minimum absolute atomic E-state index is 0.219. The minimum atomic E-state index is -0.690. The molecule has 2 aliphatic rings. The highest BCUT2D eigenvalue weighted by molar-refractivity contribution is 5.73. The number of hydrogen-bond donors (Lipinski definition) is 1. The van der Waals surface area contributed by atoms with Crippen molar-refractivity contribution < 1.29 is 19.4 Å². The molecule has 0 saturated carbocycles. The Labute approximate surface area is 218 Å². The number of aryl methyl sites for hydroxylation is 1. The number of ether oxygens (including phenoxy) is 2. The molecular weight excluding hydrogens is 468 g/mol. The van der Waals surface area contributed by atoms with E-state index in [0.717, 1.165) is 48.4 Å². The molecule has 0 radical (unpaired) electrons. The number of nitrogens with zero attached hydrogens (tertiary/aromatic N) is 4. The average molecular weight is 505 g/mol. The van der Waals surface area contributed by atoms with Gasteiger partial charge in [-0.05, 0) is 85.0 Å². The third-order valence-corrected chi connectivity index (χ3v) is 7.29. The molecule has 8 heteroatoms. The van der Waals surface area contributed by atoms with Crippen LogP contribution in [0.25, 0.3) is 16.0 Å². The van der Waals surface area contributed by atoms with Gasteiger partial charge in [0.05, 0.1) is 12.5 Å². The molecule has 1 saturated heterocycles. The standard InChI is InChI=1S/C29H36N4O4/c1-4-36-28-12-21(11-19(2)14-31-32-30)5-6-24(28)18-37-26-9-10-27-20(3)23(8-7-22(27)13-26)15-33-16-25(17-33)29(34)35/h5-6,9-10,12-13,19,25H,4,7-8,11,14-18H2,1-3H3,(H,34,35). The van der Waals surface area contributed by atoms with E-state index in [1.807, 2.05) is 13.0 Å². The Morgan fingerprint density at radius 3 is 2.76 bits per heavy atom. The molecule has 0 aromatic heterocycles. The Kier molecular flexibility index (Phi) is 8.74. The third-order valence-electron chi connectivity index (χ3n) is 7.29. The van der Waals surface area contributed by atoms with Gasteiger partial charge in [0.1, 0.15) is 18.1 Å². The maximum Gasteiger partial charge on any atom is 0.309 e. The van der Waals surface area contributed by atoms with Crippen molar-refractivity contribution in [3.8, 4) is 11.5 Å². The normalized spacial score (nSPS) is 16.4. The van der Waals surface area contributed by atoms with Gasteiger partial charge in [-0.15, -0.1) is 0 Å². The molecule has 2 aromatic rings. The van der Waals surface area contributed by atoms with Crippen LogP contribution in [-0.4, -0.2) is 48.8 Å². The van der Waals surface area contributed by atoms with Gasteiger partial charge >= 0.3 is 5.97 Å². The van der Waals surface area contributed by atoms with Crippen LogP contribution in [0.3, 0.4) is 0 Å². The molecule has 196 valence electrons. The van der Waals surface area contributed by atoms with Crippen molar-refractivity contribution in [3.63, 3.8) is 0 Å². The van der Waals surface area contributed by atoms with E-state index in [-0.39, 0.29) is 11.8 Å². The lowest BCUT2D eigenvalue weighted by molar-refractivity contribution is -0.147. The fraction of sp³-hybridized carbons (Fsp3) is 0.483. The lowest BCUT2D eigenvalue weighted by Crippen LogP contribution is -2.50. The maximum absolute atomic E-state index is 11.1. The summed E-state index contributed by atoms with van der Waals surface area (Å²) in [6, 6.07) is 12.5. The van der Waals surface area contributed by atoms with Crippen molar-refractivity contribution in [1.82, 2.24) is 4.90 Å². The van der Waals surface area contributed by atoms with Crippen molar-refractivity contribution in [2.45, 2.75) is 46.6 Å². The highest BCUT2D eigenvalue weighted by atomic mass is 16.5. The number of likely N-dealkylation sites (tertiary alicyclic amines) is 1. The number of azide groups is 1. The second-order valence-electron chi connectivity index (χ2n) is 10.2. The molecule has 8 nitrogen and oxygen atoms in total. The van der Waals surface area contributed by atoms with Gasteiger partial charge in [-0.25, -0.2) is 0 Å². The molecule has 1 unspecified atom stereocenters. The van der Waals surface area contributed by atoms with Gasteiger partial charge < -0.3 is 14.6 Å². The summed E-state index contributed by atoms with van der Waals surface area (Å²) in [6.45, 7) is 9.83. The zero-order chi connectivity index (χ0) is 26.4. The summed E-state index contributed by atoms with van der Waals surface area (Å²) in [5.41, 5.74) is 16.0. The fourth-order valence-electron chi connectivity index (χ4n) is 5.16. The van der Waals surface area contributed by atoms with Crippen LogP contribution in [0.1, 0.15) is 49.4 Å². The Bertz CT molecular complexity index is 1210. The highest BCUT2D eigenvalue weighted by Gasteiger charge is 2.33. The summed E-state index contributed by atoms with van der Waals surface area (Å²) in [6.07, 6.45) is 2.77. The van der Waals surface area contributed by atoms with Gasteiger partial charge in [0.25, 0.3) is 0 Å². The molecule has 1 fully saturated rings. The van der Waals surface area contributed by atoms with Crippen LogP contribution in [0.15, 0.2) is 47.1 Å². The second kappa shape index (κ2) is 12.2. The summed E-state index contributed by atoms with van der Waals surface area (Å²) in [7, 11) is 0. The van der Waals surface area contributed by atoms with Gasteiger partial charge in [-0.1, -0.05) is 35.8 Å². The van der Waals surface area contributed by atoms with Crippen LogP contribution >= 0.6 is 0 Å². The number of rotatable bonds is 12. The molecule has 1 aliphatic carbocycles. The number of allylic oxidation sites excluding steroid dienone is 1. The monoisotopic (exact) mass is 504 g/mol. The van der Waals surface area contributed by atoms with Gasteiger partial charge in [-0.2, -0.15) is 0 Å². The largest absolute Gasteiger partial charge is 0.493 e. The van der Waals surface area contributed by atoms with Crippen LogP contribution in [0.2, 0.25) is 0 Å². The Morgan fingerprint density at radius 1 is 1.22 bits per heavy atom. The first-order valence-electron chi connectivity index (χ1n) is 13.0. The summed E-state index contributed by atoms with van der Waals surface area (Å²) < 4.78 is 12.1. The Morgan fingerprint density at radius 2 is 2.03 bits per heavy atom. The van der Waals surface area contributed by atoms with Crippen molar-refractivity contribution in [3.05, 3.63) is 74.7 Å². The van der Waals surface area contributed by atoms with E-state index < -0.39 is 5.97 Å². The Balaban J connectivity index is 1.39. The predicted molar refractivity (Wildman–Crippen MR) is 144 cm³/mol. The van der Waals surface area contributed by atoms with E-state index in [2.05, 4.69) is 59.1 Å². The molecular formula is C29H36N4O4. The topological polar surface area (TPSA) is 108 Å². The SMILES string of the molecule is CCOc1cc(CC(C)CN=[N+]=[N-])ccc1COc1ccc2c(c1)CCC(CN1CC(C(=O)O)C1)=C2C. The number of carboxylic acids is 1. The van der Waals surface area contributed by atoms with Crippen LogP contribution < -0.4 is 9.47 Å². The number of aliphatic carboxylic acids is 1. The molecule has 4 rings (SSSR count). The van der Waals surface area contributed by atoms with E-state index in [4.69, 9.17) is 20.1 Å². The summed E-state index contributed by atoms with van der Waals surface area (Å²) in [4.78, 5) is 16.2. The van der Waals surface area contributed by atoms with Gasteiger partial charge in [0.2, 0.25) is 0 Å². The number of benzene rings is 2. The fourth-order valence-corrected chi connectivity index (χ4v) is 5.16. The number of hydrogen-bond acceptors (Lipinski definition) is 5. The second-order valence-corrected chi connectivity index (χ2v) is 10.2. The number of carbonyl (C=O) groups is 1. The zero-order valence-electron chi connectivity index (χ0n) is 21.9. The van der Waals surface area contributed by atoms with Crippen LogP contribution in [0, 0.1) is 11.8 Å². The van der Waals surface area contributed by atoms with E-state index in [1.54, 1.807) is 0 Å². The van der Waals surface area contributed by atoms with Crippen molar-refractivity contribution in [1.29, 1.82) is 0 Å². The van der Waals surface area contributed by atoms with Crippen molar-refractivity contribution >= 4 is 11.5 Å². The number of fused-ring (bicyclic) bond motifs is 1. The van der Waals surface area contributed by atoms with Gasteiger partial charge in [0, 0.05) is 36.7 Å². The van der Waals surface area contributed by atoms with Gasteiger partial charge in [-0.3, -0.25) is 9.69 Å². The number of carboxylic acid groups (broad SMARTS) is 1. The van der Waals surface area contributed by atoms with E-state index >= 15 is 0 Å². The van der Waals surface area contributed by atoms with Crippen LogP contribution in [0.4, 0.5) is 0 Å². The minimum Gasteiger partial charge on any atom is -0.493 e. The van der Waals surface area contributed by atoms with Crippen molar-refractivity contribution in [2.75, 3.05) is 32.8 Å². The highest BCUT2D eigenvalue weighted by Crippen LogP contribution is 2.35.